The third kappa shape index (κ3) is 5.15. The normalized spacial score (nSPS) is 27.3. The molecule has 0 heterocycles. The fraction of sp³-hybridized carbons (Fsp3) is 0.520. The van der Waals surface area contributed by atoms with E-state index < -0.39 is 12.8 Å². The fourth-order valence-electron chi connectivity index (χ4n) is 5.28. The van der Waals surface area contributed by atoms with Crippen molar-refractivity contribution in [3.05, 3.63) is 54.1 Å². The van der Waals surface area contributed by atoms with Crippen molar-refractivity contribution in [3.8, 4) is 16.9 Å². The topological polar surface area (TPSA) is 9.23 Å². The van der Waals surface area contributed by atoms with E-state index in [1.54, 1.807) is 12.1 Å². The molecule has 0 spiro atoms. The molecule has 29 heavy (non-hydrogen) atoms. The van der Waals surface area contributed by atoms with Gasteiger partial charge in [0.15, 0.2) is 6.61 Å². The maximum absolute atomic E-state index is 12.3. The Hall–Kier alpha value is -1.97. The van der Waals surface area contributed by atoms with E-state index in [1.807, 2.05) is 12.1 Å². The lowest BCUT2D eigenvalue weighted by Crippen LogP contribution is -2.29. The number of fused-ring (bicyclic) bond motifs is 1. The maximum atomic E-state index is 12.3. The van der Waals surface area contributed by atoms with Gasteiger partial charge in [-0.2, -0.15) is 13.2 Å². The van der Waals surface area contributed by atoms with Crippen molar-refractivity contribution in [3.63, 3.8) is 0 Å². The van der Waals surface area contributed by atoms with Gasteiger partial charge in [0, 0.05) is 0 Å². The average molecular weight is 403 g/mol. The first-order valence-electron chi connectivity index (χ1n) is 10.8. The third-order valence-corrected chi connectivity index (χ3v) is 6.85. The van der Waals surface area contributed by atoms with Crippen LogP contribution in [0.4, 0.5) is 13.2 Å². The molecule has 0 aromatic heterocycles. The third-order valence-electron chi connectivity index (χ3n) is 6.85. The number of benzene rings is 2. The summed E-state index contributed by atoms with van der Waals surface area (Å²) in [6.45, 7) is 1.14. The van der Waals surface area contributed by atoms with Gasteiger partial charge in [-0.3, -0.25) is 0 Å². The van der Waals surface area contributed by atoms with Crippen LogP contribution in [0.1, 0.15) is 56.9 Å². The molecule has 0 saturated heterocycles. The number of rotatable bonds is 4. The molecule has 4 rings (SSSR count). The van der Waals surface area contributed by atoms with Crippen molar-refractivity contribution in [2.75, 3.05) is 6.61 Å². The summed E-state index contributed by atoms with van der Waals surface area (Å²) in [7, 11) is 0. The van der Waals surface area contributed by atoms with E-state index in [1.165, 1.54) is 44.1 Å². The molecule has 0 N–H and O–H groups in total. The molecule has 156 valence electrons. The molecule has 1 nitrogen and oxygen atoms in total. The highest BCUT2D eigenvalue weighted by Gasteiger charge is 2.34. The van der Waals surface area contributed by atoms with Crippen LogP contribution in [0.15, 0.2) is 48.5 Å². The number of hydrogen-bond acceptors (Lipinski definition) is 1. The smallest absolute Gasteiger partial charge is 0.422 e. The van der Waals surface area contributed by atoms with Crippen molar-refractivity contribution in [2.45, 2.75) is 57.5 Å². The van der Waals surface area contributed by atoms with Crippen molar-refractivity contribution in [1.82, 2.24) is 0 Å². The minimum Gasteiger partial charge on any atom is -0.484 e. The van der Waals surface area contributed by atoms with E-state index in [-0.39, 0.29) is 5.75 Å². The van der Waals surface area contributed by atoms with Gasteiger partial charge < -0.3 is 4.74 Å². The molecule has 4 atom stereocenters. The van der Waals surface area contributed by atoms with E-state index in [0.29, 0.717) is 5.92 Å². The van der Waals surface area contributed by atoms with Crippen molar-refractivity contribution >= 4 is 0 Å². The molecule has 2 aliphatic rings. The summed E-state index contributed by atoms with van der Waals surface area (Å²) < 4.78 is 41.6. The first-order chi connectivity index (χ1) is 13.9. The average Bonchev–Trinajstić information content (AvgIpc) is 2.72. The van der Waals surface area contributed by atoms with Gasteiger partial charge in [0.2, 0.25) is 0 Å². The van der Waals surface area contributed by atoms with E-state index in [4.69, 9.17) is 4.74 Å². The monoisotopic (exact) mass is 402 g/mol. The Balaban J connectivity index is 1.38. The van der Waals surface area contributed by atoms with Gasteiger partial charge in [0.1, 0.15) is 5.75 Å². The molecule has 2 aliphatic carbocycles. The van der Waals surface area contributed by atoms with Crippen LogP contribution in [0.3, 0.4) is 0 Å². The Morgan fingerprint density at radius 3 is 2.03 bits per heavy atom. The number of alkyl halides is 3. The Morgan fingerprint density at radius 1 is 0.793 bits per heavy atom. The summed E-state index contributed by atoms with van der Waals surface area (Å²) in [5.74, 6) is 3.64. The van der Waals surface area contributed by atoms with E-state index in [9.17, 15) is 13.2 Å². The molecule has 0 radical (unpaired) electrons. The standard InChI is InChI=1S/C25H29F3O/c1-17-2-3-23-15-22(9-8-21(23)14-17)20-6-4-18(5-7-20)19-10-12-24(13-11-19)29-16-25(26,27)28/h4-7,10-13,17,21-23H,2-3,8-9,14-16H2,1H3. The van der Waals surface area contributed by atoms with Gasteiger partial charge in [-0.05, 0) is 84.6 Å². The van der Waals surface area contributed by atoms with Crippen LogP contribution in [-0.4, -0.2) is 12.8 Å². The van der Waals surface area contributed by atoms with Gasteiger partial charge in [-0.1, -0.05) is 49.7 Å². The molecule has 4 unspecified atom stereocenters. The fourth-order valence-corrected chi connectivity index (χ4v) is 5.28. The van der Waals surface area contributed by atoms with Crippen molar-refractivity contribution in [2.24, 2.45) is 17.8 Å². The van der Waals surface area contributed by atoms with Crippen LogP contribution in [0.2, 0.25) is 0 Å². The molecule has 2 aromatic rings. The van der Waals surface area contributed by atoms with E-state index in [2.05, 4.69) is 31.2 Å². The molecule has 4 heteroatoms. The van der Waals surface area contributed by atoms with Crippen LogP contribution >= 0.6 is 0 Å². The second-order valence-electron chi connectivity index (χ2n) is 9.00. The Morgan fingerprint density at radius 2 is 1.38 bits per heavy atom. The van der Waals surface area contributed by atoms with Gasteiger partial charge in [0.25, 0.3) is 0 Å². The number of halogens is 3. The largest absolute Gasteiger partial charge is 0.484 e. The lowest BCUT2D eigenvalue weighted by molar-refractivity contribution is -0.153. The summed E-state index contributed by atoms with van der Waals surface area (Å²) >= 11 is 0. The van der Waals surface area contributed by atoms with Crippen LogP contribution in [0.5, 0.6) is 5.75 Å². The summed E-state index contributed by atoms with van der Waals surface area (Å²) in [6, 6.07) is 15.6. The minimum atomic E-state index is -4.32. The highest BCUT2D eigenvalue weighted by Crippen LogP contribution is 2.47. The van der Waals surface area contributed by atoms with E-state index >= 15 is 0 Å². The minimum absolute atomic E-state index is 0.237. The van der Waals surface area contributed by atoms with Crippen LogP contribution in [-0.2, 0) is 0 Å². The molecule has 0 amide bonds. The first kappa shape index (κ1) is 20.3. The summed E-state index contributed by atoms with van der Waals surface area (Å²) in [6.07, 6.45) is 3.85. The summed E-state index contributed by atoms with van der Waals surface area (Å²) in [5.41, 5.74) is 3.49. The number of ether oxygens (including phenoxy) is 1. The first-order valence-corrected chi connectivity index (χ1v) is 10.8. The molecular formula is C25H29F3O. The quantitative estimate of drug-likeness (QED) is 0.511. The second kappa shape index (κ2) is 8.41. The van der Waals surface area contributed by atoms with Gasteiger partial charge in [0.05, 0.1) is 0 Å². The van der Waals surface area contributed by atoms with Crippen LogP contribution in [0, 0.1) is 17.8 Å². The lowest BCUT2D eigenvalue weighted by atomic mass is 9.64. The predicted molar refractivity (Wildman–Crippen MR) is 110 cm³/mol. The highest BCUT2D eigenvalue weighted by molar-refractivity contribution is 5.64. The molecular weight excluding hydrogens is 373 g/mol. The molecule has 2 fully saturated rings. The molecule has 2 aromatic carbocycles. The molecule has 2 saturated carbocycles. The van der Waals surface area contributed by atoms with Gasteiger partial charge in [-0.15, -0.1) is 0 Å². The van der Waals surface area contributed by atoms with Crippen LogP contribution < -0.4 is 4.74 Å². The molecule has 0 bridgehead atoms. The van der Waals surface area contributed by atoms with Crippen molar-refractivity contribution < 1.29 is 17.9 Å². The SMILES string of the molecule is CC1CCC2CC(c3ccc(-c4ccc(OCC(F)(F)F)cc4)cc3)CCC2C1. The number of hydrogen-bond donors (Lipinski definition) is 0. The highest BCUT2D eigenvalue weighted by atomic mass is 19.4. The Labute approximate surface area is 171 Å². The Bertz CT molecular complexity index is 794. The zero-order valence-electron chi connectivity index (χ0n) is 16.9. The van der Waals surface area contributed by atoms with Gasteiger partial charge in [-0.25, -0.2) is 0 Å². The van der Waals surface area contributed by atoms with Gasteiger partial charge >= 0.3 is 6.18 Å². The van der Waals surface area contributed by atoms with Crippen molar-refractivity contribution in [1.29, 1.82) is 0 Å². The zero-order valence-corrected chi connectivity index (χ0v) is 16.9. The maximum Gasteiger partial charge on any atom is 0.422 e. The molecule has 0 aliphatic heterocycles. The summed E-state index contributed by atoms with van der Waals surface area (Å²) in [4.78, 5) is 0. The van der Waals surface area contributed by atoms with Crippen LogP contribution in [0.25, 0.3) is 11.1 Å². The summed E-state index contributed by atoms with van der Waals surface area (Å²) in [5, 5.41) is 0. The second-order valence-corrected chi connectivity index (χ2v) is 9.00. The zero-order chi connectivity index (χ0) is 20.4. The lowest BCUT2D eigenvalue weighted by Gasteiger charge is -2.41. The van der Waals surface area contributed by atoms with E-state index in [0.717, 1.165) is 28.9 Å². The Kier molecular flexibility index (Phi) is 5.89. The predicted octanol–water partition coefficient (Wildman–Crippen LogP) is 7.61.